The van der Waals surface area contributed by atoms with Crippen molar-refractivity contribution in [1.29, 1.82) is 0 Å². The van der Waals surface area contributed by atoms with Crippen LogP contribution in [0.2, 0.25) is 0 Å². The van der Waals surface area contributed by atoms with Crippen LogP contribution in [0.1, 0.15) is 131 Å². The van der Waals surface area contributed by atoms with Crippen molar-refractivity contribution in [1.82, 2.24) is 0 Å². The first-order valence-corrected chi connectivity index (χ1v) is 15.3. The first kappa shape index (κ1) is 23.7. The van der Waals surface area contributed by atoms with Gasteiger partial charge in [0, 0.05) is 0 Å². The van der Waals surface area contributed by atoms with E-state index in [-0.39, 0.29) is 0 Å². The van der Waals surface area contributed by atoms with Crippen molar-refractivity contribution in [2.45, 2.75) is 131 Å². The van der Waals surface area contributed by atoms with Crippen molar-refractivity contribution in [2.75, 3.05) is 0 Å². The molecule has 0 spiro atoms. The summed E-state index contributed by atoms with van der Waals surface area (Å²) in [6.45, 7) is 15.5. The highest BCUT2D eigenvalue weighted by Gasteiger charge is 2.60. The van der Waals surface area contributed by atoms with Gasteiger partial charge in [0.1, 0.15) is 0 Å². The van der Waals surface area contributed by atoms with E-state index in [1.807, 2.05) is 0 Å². The Balaban J connectivity index is 1.25. The van der Waals surface area contributed by atoms with Crippen LogP contribution in [-0.4, -0.2) is 0 Å². The second-order valence-corrected chi connectivity index (χ2v) is 14.7. The Morgan fingerprint density at radius 1 is 0.719 bits per heavy atom. The maximum atomic E-state index is 2.78. The fourth-order valence-corrected chi connectivity index (χ4v) is 10.9. The summed E-state index contributed by atoms with van der Waals surface area (Å²) in [4.78, 5) is 0. The van der Waals surface area contributed by atoms with Gasteiger partial charge in [-0.05, 0) is 147 Å². The van der Waals surface area contributed by atoms with Crippen LogP contribution in [0.4, 0.5) is 0 Å². The molecule has 0 nitrogen and oxygen atoms in total. The largest absolute Gasteiger partial charge is 0.0651 e. The molecule has 0 heteroatoms. The Kier molecular flexibility index (Phi) is 6.60. The SMILES string of the molecule is CCC(CCC(C)C1CCC2C3CCC4CC(C5CC5)CCC4(C)C3CCC12C)C(C)C. The third-order valence-corrected chi connectivity index (χ3v) is 13.2. The van der Waals surface area contributed by atoms with Gasteiger partial charge in [0.2, 0.25) is 0 Å². The molecule has 0 N–H and O–H groups in total. The van der Waals surface area contributed by atoms with Gasteiger partial charge in [-0.15, -0.1) is 0 Å². The summed E-state index contributed by atoms with van der Waals surface area (Å²) in [5.41, 5.74) is 1.36. The van der Waals surface area contributed by atoms with Crippen LogP contribution >= 0.6 is 0 Å². The average molecular weight is 441 g/mol. The van der Waals surface area contributed by atoms with Crippen LogP contribution < -0.4 is 0 Å². The van der Waals surface area contributed by atoms with Gasteiger partial charge < -0.3 is 0 Å². The van der Waals surface area contributed by atoms with E-state index in [4.69, 9.17) is 0 Å². The van der Waals surface area contributed by atoms with Crippen molar-refractivity contribution in [2.24, 2.45) is 70.0 Å². The molecule has 5 rings (SSSR count). The number of rotatable bonds is 7. The summed E-state index contributed by atoms with van der Waals surface area (Å²) in [6, 6.07) is 0. The molecule has 5 aliphatic carbocycles. The molecule has 184 valence electrons. The minimum atomic E-state index is 0.661. The van der Waals surface area contributed by atoms with Gasteiger partial charge in [0.05, 0.1) is 0 Å². The highest BCUT2D eigenvalue weighted by atomic mass is 14.7. The Morgan fingerprint density at radius 2 is 1.44 bits per heavy atom. The fraction of sp³-hybridized carbons (Fsp3) is 1.00. The van der Waals surface area contributed by atoms with Crippen LogP contribution in [0.25, 0.3) is 0 Å². The quantitative estimate of drug-likeness (QED) is 0.369. The van der Waals surface area contributed by atoms with Crippen LogP contribution in [-0.2, 0) is 0 Å². The van der Waals surface area contributed by atoms with E-state index in [9.17, 15) is 0 Å². The van der Waals surface area contributed by atoms with Gasteiger partial charge in [-0.1, -0.05) is 54.4 Å². The molecular formula is C32H56. The molecular weight excluding hydrogens is 384 g/mol. The predicted molar refractivity (Wildman–Crippen MR) is 138 cm³/mol. The molecule has 0 aromatic rings. The van der Waals surface area contributed by atoms with Gasteiger partial charge in [-0.25, -0.2) is 0 Å². The first-order valence-electron chi connectivity index (χ1n) is 15.3. The Hall–Kier alpha value is 0. The summed E-state index contributed by atoms with van der Waals surface area (Å²) in [5, 5.41) is 0. The molecule has 0 saturated heterocycles. The smallest absolute Gasteiger partial charge is 0.0264 e. The van der Waals surface area contributed by atoms with E-state index in [1.165, 1.54) is 19.3 Å². The zero-order valence-electron chi connectivity index (χ0n) is 22.7. The van der Waals surface area contributed by atoms with Gasteiger partial charge >= 0.3 is 0 Å². The van der Waals surface area contributed by atoms with E-state index < -0.39 is 0 Å². The standard InChI is InChI=1S/C32H56/c1-7-23(21(2)3)9-8-22(4)28-14-15-29-27-13-12-26-20-25(24-10-11-24)16-18-31(26,5)30(27)17-19-32(28,29)6/h21-30H,7-20H2,1-6H3. The molecule has 5 saturated carbocycles. The summed E-state index contributed by atoms with van der Waals surface area (Å²) in [6.07, 6.45) is 21.7. The lowest BCUT2D eigenvalue weighted by atomic mass is 9.44. The van der Waals surface area contributed by atoms with Crippen molar-refractivity contribution in [3.63, 3.8) is 0 Å². The Morgan fingerprint density at radius 3 is 2.12 bits per heavy atom. The lowest BCUT2D eigenvalue weighted by Crippen LogP contribution is -2.53. The van der Waals surface area contributed by atoms with Crippen molar-refractivity contribution in [3.05, 3.63) is 0 Å². The van der Waals surface area contributed by atoms with Crippen LogP contribution in [0.5, 0.6) is 0 Å². The average Bonchev–Trinajstić information content (AvgIpc) is 3.54. The van der Waals surface area contributed by atoms with Crippen molar-refractivity contribution >= 4 is 0 Å². The normalized spacial score (nSPS) is 48.1. The molecule has 0 bridgehead atoms. The predicted octanol–water partition coefficient (Wildman–Crippen LogP) is 9.77. The number of fused-ring (bicyclic) bond motifs is 5. The molecule has 0 heterocycles. The third-order valence-electron chi connectivity index (χ3n) is 13.2. The van der Waals surface area contributed by atoms with Gasteiger partial charge in [-0.2, -0.15) is 0 Å². The highest BCUT2D eigenvalue weighted by Crippen LogP contribution is 2.69. The topological polar surface area (TPSA) is 0 Å². The molecule has 5 fully saturated rings. The Bertz CT molecular complexity index is 644. The molecule has 0 radical (unpaired) electrons. The van der Waals surface area contributed by atoms with Crippen LogP contribution in [0, 0.1) is 70.0 Å². The van der Waals surface area contributed by atoms with Crippen molar-refractivity contribution in [3.8, 4) is 0 Å². The maximum absolute atomic E-state index is 2.78. The van der Waals surface area contributed by atoms with Crippen LogP contribution in [0.3, 0.4) is 0 Å². The summed E-state index contributed by atoms with van der Waals surface area (Å²) in [7, 11) is 0. The van der Waals surface area contributed by atoms with Gasteiger partial charge in [0.25, 0.3) is 0 Å². The molecule has 32 heavy (non-hydrogen) atoms. The van der Waals surface area contributed by atoms with Gasteiger partial charge in [0.15, 0.2) is 0 Å². The maximum Gasteiger partial charge on any atom is -0.0264 e. The minimum absolute atomic E-state index is 0.661. The summed E-state index contributed by atoms with van der Waals surface area (Å²) in [5.74, 6) is 10.3. The first-order chi connectivity index (χ1) is 15.3. The number of hydrogen-bond acceptors (Lipinski definition) is 0. The zero-order chi connectivity index (χ0) is 22.7. The van der Waals surface area contributed by atoms with Crippen LogP contribution in [0.15, 0.2) is 0 Å². The van der Waals surface area contributed by atoms with E-state index in [1.54, 1.807) is 70.6 Å². The highest BCUT2D eigenvalue weighted by molar-refractivity contribution is 5.10. The molecule has 0 amide bonds. The van der Waals surface area contributed by atoms with Crippen molar-refractivity contribution < 1.29 is 0 Å². The molecule has 10 atom stereocenters. The molecule has 10 unspecified atom stereocenters. The lowest BCUT2D eigenvalue weighted by Gasteiger charge is -2.61. The van der Waals surface area contributed by atoms with E-state index in [2.05, 4.69) is 41.5 Å². The summed E-state index contributed by atoms with van der Waals surface area (Å²) >= 11 is 0. The summed E-state index contributed by atoms with van der Waals surface area (Å²) < 4.78 is 0. The lowest BCUT2D eigenvalue weighted by molar-refractivity contribution is -0.122. The second kappa shape index (κ2) is 8.90. The second-order valence-electron chi connectivity index (χ2n) is 14.7. The molecule has 5 aliphatic rings. The minimum Gasteiger partial charge on any atom is -0.0651 e. The van der Waals surface area contributed by atoms with Gasteiger partial charge in [-0.3, -0.25) is 0 Å². The third kappa shape index (κ3) is 3.94. The Labute approximate surface area is 201 Å². The fourth-order valence-electron chi connectivity index (χ4n) is 10.9. The molecule has 0 aromatic heterocycles. The molecule has 0 aliphatic heterocycles. The van der Waals surface area contributed by atoms with E-state index in [0.717, 1.165) is 59.2 Å². The van der Waals surface area contributed by atoms with E-state index >= 15 is 0 Å². The van der Waals surface area contributed by atoms with E-state index in [0.29, 0.717) is 10.8 Å². The zero-order valence-corrected chi connectivity index (χ0v) is 22.7. The molecule has 0 aromatic carbocycles. The monoisotopic (exact) mass is 440 g/mol. The number of hydrogen-bond donors (Lipinski definition) is 0.